The van der Waals surface area contributed by atoms with Crippen molar-refractivity contribution in [3.63, 3.8) is 0 Å². The molecule has 1 N–H and O–H groups in total. The van der Waals surface area contributed by atoms with Crippen LogP contribution in [0.15, 0.2) is 73.1 Å². The van der Waals surface area contributed by atoms with Gasteiger partial charge in [-0.1, -0.05) is 42.5 Å². The Morgan fingerprint density at radius 2 is 1.78 bits per heavy atom. The Hall–Kier alpha value is -3.18. The van der Waals surface area contributed by atoms with E-state index >= 15 is 0 Å². The summed E-state index contributed by atoms with van der Waals surface area (Å²) in [4.78, 5) is 19.7. The lowest BCUT2D eigenvalue weighted by molar-refractivity contribution is -0.130. The van der Waals surface area contributed by atoms with Crippen LogP contribution in [-0.2, 0) is 17.8 Å². The summed E-state index contributed by atoms with van der Waals surface area (Å²) < 4.78 is 5.53. The minimum Gasteiger partial charge on any atom is -0.496 e. The lowest BCUT2D eigenvalue weighted by Crippen LogP contribution is -2.44. The molecule has 1 aromatic heterocycles. The molecular formula is C27H31N3O2. The Labute approximate surface area is 190 Å². The monoisotopic (exact) mass is 429 g/mol. The van der Waals surface area contributed by atoms with E-state index in [2.05, 4.69) is 45.5 Å². The second kappa shape index (κ2) is 9.96. The van der Waals surface area contributed by atoms with Gasteiger partial charge in [0.2, 0.25) is 5.91 Å². The summed E-state index contributed by atoms with van der Waals surface area (Å²) in [6.45, 7) is 5.05. The molecule has 3 aromatic rings. The van der Waals surface area contributed by atoms with Gasteiger partial charge in [-0.05, 0) is 61.2 Å². The van der Waals surface area contributed by atoms with E-state index in [1.165, 1.54) is 5.56 Å². The van der Waals surface area contributed by atoms with Gasteiger partial charge in [0.1, 0.15) is 5.75 Å². The highest BCUT2D eigenvalue weighted by Crippen LogP contribution is 2.36. The van der Waals surface area contributed by atoms with Crippen molar-refractivity contribution in [3.8, 4) is 16.9 Å². The van der Waals surface area contributed by atoms with Gasteiger partial charge in [-0.3, -0.25) is 14.7 Å². The first-order valence-electron chi connectivity index (χ1n) is 11.3. The third-order valence-corrected chi connectivity index (χ3v) is 6.35. The first-order valence-corrected chi connectivity index (χ1v) is 11.3. The fourth-order valence-electron chi connectivity index (χ4n) is 4.68. The highest BCUT2D eigenvalue weighted by Gasteiger charge is 2.44. The number of para-hydroxylation sites is 1. The summed E-state index contributed by atoms with van der Waals surface area (Å²) in [7, 11) is 1.71. The molecule has 2 aromatic carbocycles. The highest BCUT2D eigenvalue weighted by molar-refractivity contribution is 5.83. The van der Waals surface area contributed by atoms with Crippen LogP contribution in [0, 0.1) is 5.41 Å². The number of nitrogens with zero attached hydrogens (tertiary/aromatic N) is 2. The predicted octanol–water partition coefficient (Wildman–Crippen LogP) is 4.33. The van der Waals surface area contributed by atoms with Crippen LogP contribution in [0.5, 0.6) is 5.75 Å². The van der Waals surface area contributed by atoms with Crippen molar-refractivity contribution in [2.75, 3.05) is 26.7 Å². The summed E-state index contributed by atoms with van der Waals surface area (Å²) in [5.41, 5.74) is 4.23. The van der Waals surface area contributed by atoms with E-state index in [1.807, 2.05) is 49.6 Å². The first-order chi connectivity index (χ1) is 15.6. The number of likely N-dealkylation sites (tertiary alicyclic amines) is 1. The van der Waals surface area contributed by atoms with E-state index in [0.717, 1.165) is 54.9 Å². The number of hydrogen-bond acceptors (Lipinski definition) is 4. The van der Waals surface area contributed by atoms with Gasteiger partial charge in [0, 0.05) is 37.6 Å². The molecule has 0 saturated carbocycles. The molecule has 166 valence electrons. The molecule has 1 atom stereocenters. The quantitative estimate of drug-likeness (QED) is 0.579. The molecule has 0 unspecified atom stereocenters. The van der Waals surface area contributed by atoms with Crippen LogP contribution < -0.4 is 10.1 Å². The Kier molecular flexibility index (Phi) is 6.86. The number of benzene rings is 2. The molecule has 1 fully saturated rings. The zero-order valence-electron chi connectivity index (χ0n) is 18.9. The Bertz CT molecular complexity index is 1040. The van der Waals surface area contributed by atoms with E-state index in [0.29, 0.717) is 6.54 Å². The topological polar surface area (TPSA) is 54.5 Å². The summed E-state index contributed by atoms with van der Waals surface area (Å²) in [5.74, 6) is 1.05. The number of ether oxygens (including phenoxy) is 1. The molecule has 1 aliphatic rings. The van der Waals surface area contributed by atoms with Gasteiger partial charge in [-0.15, -0.1) is 0 Å². The maximum absolute atomic E-state index is 13.2. The molecule has 1 amide bonds. The molecule has 5 nitrogen and oxygen atoms in total. The molecule has 0 aliphatic carbocycles. The molecule has 4 rings (SSSR count). The molecule has 0 spiro atoms. The number of pyridine rings is 1. The van der Waals surface area contributed by atoms with Crippen LogP contribution >= 0.6 is 0 Å². The van der Waals surface area contributed by atoms with Crippen LogP contribution in [0.1, 0.15) is 24.5 Å². The van der Waals surface area contributed by atoms with Crippen molar-refractivity contribution >= 4 is 5.91 Å². The second-order valence-electron chi connectivity index (χ2n) is 8.52. The minimum absolute atomic E-state index is 0.153. The number of hydrogen-bond donors (Lipinski definition) is 1. The second-order valence-corrected chi connectivity index (χ2v) is 8.52. The molecule has 0 radical (unpaired) electrons. The molecule has 5 heteroatoms. The predicted molar refractivity (Wildman–Crippen MR) is 127 cm³/mol. The normalized spacial score (nSPS) is 18.4. The Morgan fingerprint density at radius 3 is 2.50 bits per heavy atom. The summed E-state index contributed by atoms with van der Waals surface area (Å²) in [6.07, 6.45) is 5.20. The van der Waals surface area contributed by atoms with Crippen LogP contribution in [-0.4, -0.2) is 42.5 Å². The average molecular weight is 430 g/mol. The molecule has 1 saturated heterocycles. The van der Waals surface area contributed by atoms with Crippen molar-refractivity contribution in [2.24, 2.45) is 5.41 Å². The van der Waals surface area contributed by atoms with Gasteiger partial charge in [0.25, 0.3) is 0 Å². The largest absolute Gasteiger partial charge is 0.496 e. The number of rotatable bonds is 8. The summed E-state index contributed by atoms with van der Waals surface area (Å²) in [5, 5.41) is 3.10. The number of aromatic nitrogens is 1. The van der Waals surface area contributed by atoms with E-state index in [4.69, 9.17) is 4.74 Å². The SMILES string of the molecule is CCNC(=O)[C@@]1(Cc2ccc(-c3ccncc3)cc2)CCN(Cc2ccccc2OC)C1. The molecule has 1 aliphatic heterocycles. The minimum atomic E-state index is -0.420. The van der Waals surface area contributed by atoms with Crippen molar-refractivity contribution in [1.29, 1.82) is 0 Å². The van der Waals surface area contributed by atoms with Gasteiger partial charge < -0.3 is 10.1 Å². The Morgan fingerprint density at radius 1 is 1.06 bits per heavy atom. The Balaban J connectivity index is 1.52. The number of nitrogens with one attached hydrogen (secondary N) is 1. The molecule has 32 heavy (non-hydrogen) atoms. The lowest BCUT2D eigenvalue weighted by atomic mass is 9.79. The maximum Gasteiger partial charge on any atom is 0.227 e. The average Bonchev–Trinajstić information content (AvgIpc) is 3.24. The number of methoxy groups -OCH3 is 1. The lowest BCUT2D eigenvalue weighted by Gasteiger charge is -2.28. The van der Waals surface area contributed by atoms with Crippen LogP contribution in [0.2, 0.25) is 0 Å². The van der Waals surface area contributed by atoms with E-state index < -0.39 is 5.41 Å². The highest BCUT2D eigenvalue weighted by atomic mass is 16.5. The van der Waals surface area contributed by atoms with Gasteiger partial charge in [0.15, 0.2) is 0 Å². The van der Waals surface area contributed by atoms with Crippen molar-refractivity contribution in [3.05, 3.63) is 84.2 Å². The third kappa shape index (κ3) is 4.83. The molecule has 0 bridgehead atoms. The summed E-state index contributed by atoms with van der Waals surface area (Å²) >= 11 is 0. The summed E-state index contributed by atoms with van der Waals surface area (Å²) in [6, 6.07) is 20.7. The van der Waals surface area contributed by atoms with Crippen LogP contribution in [0.3, 0.4) is 0 Å². The van der Waals surface area contributed by atoms with Crippen molar-refractivity contribution in [1.82, 2.24) is 15.2 Å². The fourth-order valence-corrected chi connectivity index (χ4v) is 4.68. The van der Waals surface area contributed by atoms with Crippen molar-refractivity contribution in [2.45, 2.75) is 26.3 Å². The zero-order valence-corrected chi connectivity index (χ0v) is 18.9. The number of carbonyl (C=O) groups excluding carboxylic acids is 1. The van der Waals surface area contributed by atoms with Crippen molar-refractivity contribution < 1.29 is 9.53 Å². The standard InChI is InChI=1S/C27H31N3O2/c1-3-29-26(31)27(14-17-30(20-27)19-24-6-4-5-7-25(24)32-2)18-21-8-10-22(11-9-21)23-12-15-28-16-13-23/h4-13,15-16H,3,14,17-20H2,1-2H3,(H,29,31)/t27-/m1/s1. The van der Waals surface area contributed by atoms with Crippen LogP contribution in [0.25, 0.3) is 11.1 Å². The van der Waals surface area contributed by atoms with Crippen LogP contribution in [0.4, 0.5) is 0 Å². The number of carbonyl (C=O) groups is 1. The van der Waals surface area contributed by atoms with E-state index in [-0.39, 0.29) is 5.91 Å². The first kappa shape index (κ1) is 22.0. The number of amides is 1. The van der Waals surface area contributed by atoms with E-state index in [1.54, 1.807) is 7.11 Å². The maximum atomic E-state index is 13.2. The van der Waals surface area contributed by atoms with Gasteiger partial charge in [-0.25, -0.2) is 0 Å². The van der Waals surface area contributed by atoms with E-state index in [9.17, 15) is 4.79 Å². The molecule has 2 heterocycles. The third-order valence-electron chi connectivity index (χ3n) is 6.35. The van der Waals surface area contributed by atoms with Gasteiger partial charge >= 0.3 is 0 Å². The van der Waals surface area contributed by atoms with Gasteiger partial charge in [-0.2, -0.15) is 0 Å². The smallest absolute Gasteiger partial charge is 0.227 e. The fraction of sp³-hybridized carbons (Fsp3) is 0.333. The van der Waals surface area contributed by atoms with Gasteiger partial charge in [0.05, 0.1) is 12.5 Å². The molecular weight excluding hydrogens is 398 g/mol. The zero-order chi connectivity index (χ0) is 22.4.